The van der Waals surface area contributed by atoms with Crippen molar-refractivity contribution in [1.29, 1.82) is 0 Å². The third kappa shape index (κ3) is 2.26. The van der Waals surface area contributed by atoms with Crippen LogP contribution < -0.4 is 0 Å². The highest BCUT2D eigenvalue weighted by atomic mass is 127. The van der Waals surface area contributed by atoms with E-state index >= 15 is 0 Å². The Morgan fingerprint density at radius 1 is 1.25 bits per heavy atom. The third-order valence-electron chi connectivity index (χ3n) is 0.878. The molecule has 0 aromatic heterocycles. The molecule has 0 bridgehead atoms. The van der Waals surface area contributed by atoms with Crippen LogP contribution in [0.2, 0.25) is 0 Å². The molecular weight excluding hydrogens is 226 g/mol. The molecule has 0 aromatic rings. The van der Waals surface area contributed by atoms with Gasteiger partial charge < -0.3 is 13.0 Å². The lowest BCUT2D eigenvalue weighted by Crippen LogP contribution is -2.51. The largest absolute Gasteiger partial charge is 0.597 e. The molecule has 8 heavy (non-hydrogen) atoms. The zero-order chi connectivity index (χ0) is 7.00. The summed E-state index contributed by atoms with van der Waals surface area (Å²) in [5.41, 5.74) is 0. The SMILES string of the molecule is C[N+](C)(C)[B-](F)(F)I. The number of hydrogen-bond acceptors (Lipinski definition) is 0. The summed E-state index contributed by atoms with van der Waals surface area (Å²) in [6.07, 6.45) is 0. The first-order valence-electron chi connectivity index (χ1n) is 2.25. The van der Waals surface area contributed by atoms with Crippen LogP contribution in [0.5, 0.6) is 0 Å². The molecule has 0 aliphatic heterocycles. The number of hydrogen-bond donors (Lipinski definition) is 0. The van der Waals surface area contributed by atoms with Crippen molar-refractivity contribution in [3.8, 4) is 0 Å². The van der Waals surface area contributed by atoms with Crippen LogP contribution in [0.1, 0.15) is 0 Å². The number of quaternary nitrogens is 1. The van der Waals surface area contributed by atoms with Crippen LogP contribution in [0.4, 0.5) is 8.63 Å². The van der Waals surface area contributed by atoms with Gasteiger partial charge in [0.15, 0.2) is 0 Å². The highest BCUT2D eigenvalue weighted by molar-refractivity contribution is 14.1. The Kier molecular flexibility index (Phi) is 2.25. The summed E-state index contributed by atoms with van der Waals surface area (Å²) in [7, 11) is 4.44. The van der Waals surface area contributed by atoms with Crippen LogP contribution in [-0.4, -0.2) is 30.2 Å². The second kappa shape index (κ2) is 2.09. The van der Waals surface area contributed by atoms with E-state index in [1.807, 2.05) is 0 Å². The van der Waals surface area contributed by atoms with E-state index in [-0.39, 0.29) is 4.39 Å². The molecule has 0 aromatic carbocycles. The molecule has 0 saturated carbocycles. The van der Waals surface area contributed by atoms with Gasteiger partial charge in [-0.15, -0.1) is 0 Å². The first kappa shape index (κ1) is 8.61. The summed E-state index contributed by atoms with van der Waals surface area (Å²) in [6, 6.07) is 0. The van der Waals surface area contributed by atoms with Crippen molar-refractivity contribution in [2.24, 2.45) is 0 Å². The van der Waals surface area contributed by atoms with E-state index in [0.717, 1.165) is 0 Å². The average molecular weight is 235 g/mol. The van der Waals surface area contributed by atoms with E-state index in [0.29, 0.717) is 0 Å². The second-order valence-corrected chi connectivity index (χ2v) is 4.16. The lowest BCUT2D eigenvalue weighted by atomic mass is 10.1. The van der Waals surface area contributed by atoms with Gasteiger partial charge in [-0.1, -0.05) is 0 Å². The summed E-state index contributed by atoms with van der Waals surface area (Å²) in [4.78, 5) is 0. The highest BCUT2D eigenvalue weighted by Gasteiger charge is 2.37. The first-order chi connectivity index (χ1) is 3.25. The quantitative estimate of drug-likeness (QED) is 0.477. The van der Waals surface area contributed by atoms with Gasteiger partial charge >= 0.3 is 4.69 Å². The predicted molar refractivity (Wildman–Crippen MR) is 40.0 cm³/mol. The van der Waals surface area contributed by atoms with E-state index in [4.69, 9.17) is 0 Å². The van der Waals surface area contributed by atoms with Crippen molar-refractivity contribution < 1.29 is 13.0 Å². The lowest BCUT2D eigenvalue weighted by molar-refractivity contribution is -0.774. The van der Waals surface area contributed by atoms with Gasteiger partial charge in [-0.3, -0.25) is 0 Å². The van der Waals surface area contributed by atoms with E-state index in [1.54, 1.807) is 0 Å². The Balaban J connectivity index is 4.02. The molecule has 0 rings (SSSR count). The summed E-state index contributed by atoms with van der Waals surface area (Å²) in [5.74, 6) is 0. The molecule has 5 heteroatoms. The van der Waals surface area contributed by atoms with E-state index in [1.165, 1.54) is 43.5 Å². The van der Waals surface area contributed by atoms with Crippen molar-refractivity contribution in [1.82, 2.24) is 0 Å². The zero-order valence-corrected chi connectivity index (χ0v) is 7.32. The number of halogens is 3. The molecule has 0 unspecified atom stereocenters. The molecule has 0 amide bonds. The molecule has 0 radical (unpaired) electrons. The highest BCUT2D eigenvalue weighted by Crippen LogP contribution is 2.23. The Bertz CT molecular complexity index is 72.3. The Morgan fingerprint density at radius 2 is 1.38 bits per heavy atom. The van der Waals surface area contributed by atoms with Gasteiger partial charge in [0.2, 0.25) is 0 Å². The first-order valence-corrected chi connectivity index (χ1v) is 3.50. The molecule has 50 valence electrons. The van der Waals surface area contributed by atoms with Gasteiger partial charge in [0.1, 0.15) is 0 Å². The van der Waals surface area contributed by atoms with Crippen LogP contribution in [-0.2, 0) is 0 Å². The minimum absolute atomic E-state index is 0.263. The van der Waals surface area contributed by atoms with Gasteiger partial charge in [0.25, 0.3) is 0 Å². The number of rotatable bonds is 1. The molecule has 0 atom stereocenters. The smallest absolute Gasteiger partial charge is 0.455 e. The Labute approximate surface area is 61.5 Å². The molecule has 0 saturated heterocycles. The molecule has 0 fully saturated rings. The molecule has 0 aliphatic rings. The van der Waals surface area contributed by atoms with Gasteiger partial charge in [-0.25, -0.2) is 0 Å². The average Bonchev–Trinajstić information content (AvgIpc) is 1.25. The van der Waals surface area contributed by atoms with Crippen LogP contribution in [0, 0.1) is 0 Å². The maximum Gasteiger partial charge on any atom is 0.597 e. The van der Waals surface area contributed by atoms with Crippen molar-refractivity contribution in [3.63, 3.8) is 0 Å². The molecule has 0 aliphatic carbocycles. The second-order valence-electron chi connectivity index (χ2n) is 2.66. The molecule has 0 spiro atoms. The minimum atomic E-state index is -3.24. The van der Waals surface area contributed by atoms with Gasteiger partial charge in [0, 0.05) is 21.1 Å². The normalized spacial score (nSPS) is 14.2. The van der Waals surface area contributed by atoms with E-state index in [2.05, 4.69) is 0 Å². The molecule has 0 heterocycles. The lowest BCUT2D eigenvalue weighted by Gasteiger charge is -2.37. The maximum absolute atomic E-state index is 12.3. The van der Waals surface area contributed by atoms with Crippen molar-refractivity contribution in [2.45, 2.75) is 0 Å². The fourth-order valence-corrected chi connectivity index (χ4v) is 0. The maximum atomic E-state index is 12.3. The van der Waals surface area contributed by atoms with Crippen molar-refractivity contribution in [3.05, 3.63) is 0 Å². The fourth-order valence-electron chi connectivity index (χ4n) is 0. The molecule has 0 N–H and O–H groups in total. The third-order valence-corrected chi connectivity index (χ3v) is 2.55. The van der Waals surface area contributed by atoms with Crippen molar-refractivity contribution in [2.75, 3.05) is 21.1 Å². The Morgan fingerprint density at radius 3 is 1.38 bits per heavy atom. The topological polar surface area (TPSA) is 0 Å². The summed E-state index contributed by atoms with van der Waals surface area (Å²) in [5, 5.41) is 0. The van der Waals surface area contributed by atoms with Gasteiger partial charge in [-0.05, 0) is 0 Å². The summed E-state index contributed by atoms with van der Waals surface area (Å²) < 4.78 is 21.0. The number of nitrogens with zero attached hydrogens (tertiary/aromatic N) is 1. The van der Waals surface area contributed by atoms with Crippen LogP contribution in [0.25, 0.3) is 0 Å². The van der Waals surface area contributed by atoms with Gasteiger partial charge in [-0.2, -0.15) is 22.4 Å². The van der Waals surface area contributed by atoms with E-state index in [9.17, 15) is 8.63 Å². The standard InChI is InChI=1S/C3H9BF2IN/c1-8(2,3)4(5,6)7/h1-3H3. The van der Waals surface area contributed by atoms with Crippen LogP contribution in [0.15, 0.2) is 0 Å². The minimum Gasteiger partial charge on any atom is -0.455 e. The van der Waals surface area contributed by atoms with Gasteiger partial charge in [0.05, 0.1) is 0 Å². The molecule has 1 nitrogen and oxygen atoms in total. The zero-order valence-electron chi connectivity index (χ0n) is 5.16. The summed E-state index contributed by atoms with van der Waals surface area (Å²) >= 11 is 1.18. The monoisotopic (exact) mass is 235 g/mol. The Hall–Kier alpha value is 0.615. The van der Waals surface area contributed by atoms with Crippen LogP contribution >= 0.6 is 22.4 Å². The fraction of sp³-hybridized carbons (Fsp3) is 1.00. The van der Waals surface area contributed by atoms with Crippen LogP contribution in [0.3, 0.4) is 0 Å². The molecular formula is C3H9BF2IN. The predicted octanol–water partition coefficient (Wildman–Crippen LogP) is 1.50. The van der Waals surface area contributed by atoms with Crippen molar-refractivity contribution >= 4 is 27.1 Å². The van der Waals surface area contributed by atoms with E-state index < -0.39 is 4.69 Å². The summed E-state index contributed by atoms with van der Waals surface area (Å²) in [6.45, 7) is 0.